The Morgan fingerprint density at radius 1 is 1.24 bits per heavy atom. The van der Waals surface area contributed by atoms with Crippen LogP contribution in [0.15, 0.2) is 63.6 Å². The minimum absolute atomic E-state index is 0.0798. The van der Waals surface area contributed by atoms with Crippen LogP contribution in [0.3, 0.4) is 0 Å². The molecule has 0 saturated heterocycles. The van der Waals surface area contributed by atoms with Crippen molar-refractivity contribution in [2.75, 3.05) is 5.43 Å². The van der Waals surface area contributed by atoms with E-state index in [1.165, 1.54) is 0 Å². The van der Waals surface area contributed by atoms with E-state index < -0.39 is 0 Å². The summed E-state index contributed by atoms with van der Waals surface area (Å²) in [5.41, 5.74) is 5.61. The SMILES string of the molecule is CC(C)c1nc(C#N)c(NN=Cc2cn(-c3ccccc3)nc2-c2cccs2)o1. The van der Waals surface area contributed by atoms with Crippen molar-refractivity contribution < 1.29 is 4.42 Å². The number of hydrogen-bond acceptors (Lipinski definition) is 7. The summed E-state index contributed by atoms with van der Waals surface area (Å²) < 4.78 is 7.43. The van der Waals surface area contributed by atoms with Gasteiger partial charge in [0.15, 0.2) is 0 Å². The van der Waals surface area contributed by atoms with Crippen LogP contribution in [0.25, 0.3) is 16.3 Å². The molecule has 1 aromatic carbocycles. The number of benzene rings is 1. The Kier molecular flexibility index (Phi) is 5.22. The third-order valence-electron chi connectivity index (χ3n) is 4.13. The minimum atomic E-state index is 0.0798. The van der Waals surface area contributed by atoms with E-state index in [2.05, 4.69) is 15.5 Å². The average molecular weight is 402 g/mol. The quantitative estimate of drug-likeness (QED) is 0.361. The Labute approximate surface area is 171 Å². The molecule has 29 heavy (non-hydrogen) atoms. The normalized spacial score (nSPS) is 11.2. The lowest BCUT2D eigenvalue weighted by Gasteiger charge is -1.98. The van der Waals surface area contributed by atoms with E-state index in [1.807, 2.05) is 78.6 Å². The van der Waals surface area contributed by atoms with Crippen LogP contribution >= 0.6 is 11.3 Å². The number of nitrogens with zero attached hydrogens (tertiary/aromatic N) is 5. The Bertz CT molecular complexity index is 1170. The first kappa shape index (κ1) is 18.7. The highest BCUT2D eigenvalue weighted by Crippen LogP contribution is 2.27. The van der Waals surface area contributed by atoms with Crippen molar-refractivity contribution in [1.29, 1.82) is 5.26 Å². The second-order valence-electron chi connectivity index (χ2n) is 6.56. The average Bonchev–Trinajstić information content (AvgIpc) is 3.48. The Balaban J connectivity index is 1.65. The van der Waals surface area contributed by atoms with Crippen LogP contribution in [0.2, 0.25) is 0 Å². The van der Waals surface area contributed by atoms with E-state index in [9.17, 15) is 5.26 Å². The van der Waals surface area contributed by atoms with Crippen molar-refractivity contribution in [2.24, 2.45) is 5.10 Å². The van der Waals surface area contributed by atoms with Gasteiger partial charge in [-0.2, -0.15) is 15.5 Å². The molecular formula is C21H18N6OS. The van der Waals surface area contributed by atoms with Gasteiger partial charge in [0.05, 0.1) is 16.8 Å². The molecule has 0 aliphatic carbocycles. The fourth-order valence-electron chi connectivity index (χ4n) is 2.70. The predicted molar refractivity (Wildman–Crippen MR) is 113 cm³/mol. The second kappa shape index (κ2) is 8.12. The molecule has 0 aliphatic heterocycles. The van der Waals surface area contributed by atoms with E-state index in [4.69, 9.17) is 9.52 Å². The van der Waals surface area contributed by atoms with Crippen molar-refractivity contribution in [1.82, 2.24) is 14.8 Å². The van der Waals surface area contributed by atoms with Crippen LogP contribution in [0.4, 0.5) is 5.88 Å². The molecule has 3 heterocycles. The van der Waals surface area contributed by atoms with Crippen molar-refractivity contribution >= 4 is 23.4 Å². The molecule has 0 saturated carbocycles. The van der Waals surface area contributed by atoms with E-state index >= 15 is 0 Å². The predicted octanol–water partition coefficient (Wildman–Crippen LogP) is 5.03. The fraction of sp³-hybridized carbons (Fsp3) is 0.143. The van der Waals surface area contributed by atoms with E-state index in [0.29, 0.717) is 5.89 Å². The maximum absolute atomic E-state index is 9.25. The van der Waals surface area contributed by atoms with Gasteiger partial charge in [-0.25, -0.2) is 15.1 Å². The molecule has 0 unspecified atom stereocenters. The third kappa shape index (κ3) is 3.95. The fourth-order valence-corrected chi connectivity index (χ4v) is 3.43. The maximum atomic E-state index is 9.25. The summed E-state index contributed by atoms with van der Waals surface area (Å²) in [5.74, 6) is 0.812. The highest BCUT2D eigenvalue weighted by Gasteiger charge is 2.15. The van der Waals surface area contributed by atoms with Crippen LogP contribution in [-0.4, -0.2) is 21.0 Å². The summed E-state index contributed by atoms with van der Waals surface area (Å²) in [4.78, 5) is 5.22. The zero-order chi connectivity index (χ0) is 20.2. The molecule has 1 N–H and O–H groups in total. The molecule has 0 atom stereocenters. The van der Waals surface area contributed by atoms with Gasteiger partial charge in [-0.1, -0.05) is 38.1 Å². The zero-order valence-corrected chi connectivity index (χ0v) is 16.7. The Morgan fingerprint density at radius 3 is 2.76 bits per heavy atom. The van der Waals surface area contributed by atoms with Crippen LogP contribution in [0.5, 0.6) is 0 Å². The summed E-state index contributed by atoms with van der Waals surface area (Å²) >= 11 is 1.61. The third-order valence-corrected chi connectivity index (χ3v) is 5.01. The number of hydrogen-bond donors (Lipinski definition) is 1. The number of rotatable bonds is 6. The first-order valence-corrected chi connectivity index (χ1v) is 9.92. The molecule has 144 valence electrons. The molecule has 0 bridgehead atoms. The second-order valence-corrected chi connectivity index (χ2v) is 7.50. The standard InChI is InChI=1S/C21H18N6OS/c1-14(2)20-24-17(11-22)21(28-20)25-23-12-15-13-27(16-7-4-3-5-8-16)26-19(15)18-9-6-10-29-18/h3-10,12-14,25H,1-2H3. The number of thiophene rings is 1. The van der Waals surface area contributed by atoms with Gasteiger partial charge in [-0.15, -0.1) is 11.3 Å². The van der Waals surface area contributed by atoms with E-state index in [1.54, 1.807) is 17.6 Å². The molecule has 8 heteroatoms. The molecule has 4 aromatic rings. The number of nitrogens with one attached hydrogen (secondary N) is 1. The summed E-state index contributed by atoms with van der Waals surface area (Å²) in [6.45, 7) is 3.90. The summed E-state index contributed by atoms with van der Waals surface area (Å²) in [6.07, 6.45) is 3.58. The number of anilines is 1. The van der Waals surface area contributed by atoms with Crippen molar-refractivity contribution in [3.8, 4) is 22.3 Å². The maximum Gasteiger partial charge on any atom is 0.252 e. The number of nitriles is 1. The Hall–Kier alpha value is -3.70. The number of hydrazone groups is 1. The van der Waals surface area contributed by atoms with Crippen LogP contribution in [-0.2, 0) is 0 Å². The lowest BCUT2D eigenvalue weighted by molar-refractivity contribution is 0.481. The molecule has 7 nitrogen and oxygen atoms in total. The van der Waals surface area contributed by atoms with Crippen LogP contribution in [0, 0.1) is 11.3 Å². The summed E-state index contributed by atoms with van der Waals surface area (Å²) in [5, 5.41) is 20.3. The number of para-hydroxylation sites is 1. The van der Waals surface area contributed by atoms with Gasteiger partial charge >= 0.3 is 0 Å². The number of oxazole rings is 1. The van der Waals surface area contributed by atoms with Crippen molar-refractivity contribution in [3.63, 3.8) is 0 Å². The van der Waals surface area contributed by atoms with E-state index in [-0.39, 0.29) is 17.5 Å². The number of aromatic nitrogens is 3. The molecule has 0 spiro atoms. The topological polar surface area (TPSA) is 92.0 Å². The summed E-state index contributed by atoms with van der Waals surface area (Å²) in [7, 11) is 0. The van der Waals surface area contributed by atoms with Gasteiger partial charge in [0.2, 0.25) is 11.6 Å². The first-order chi connectivity index (χ1) is 14.2. The largest absolute Gasteiger partial charge is 0.422 e. The van der Waals surface area contributed by atoms with Crippen molar-refractivity contribution in [2.45, 2.75) is 19.8 Å². The molecule has 4 rings (SSSR count). The molecule has 0 aliphatic rings. The van der Waals surface area contributed by atoms with Gasteiger partial charge < -0.3 is 4.42 Å². The highest BCUT2D eigenvalue weighted by molar-refractivity contribution is 7.13. The van der Waals surface area contributed by atoms with E-state index in [0.717, 1.165) is 21.8 Å². The molecular weight excluding hydrogens is 384 g/mol. The van der Waals surface area contributed by atoms with Gasteiger partial charge in [0, 0.05) is 17.7 Å². The van der Waals surface area contributed by atoms with Crippen molar-refractivity contribution in [3.05, 3.63) is 71.2 Å². The van der Waals surface area contributed by atoms with Gasteiger partial charge in [0.1, 0.15) is 11.8 Å². The monoisotopic (exact) mass is 402 g/mol. The highest BCUT2D eigenvalue weighted by atomic mass is 32.1. The molecule has 0 fully saturated rings. The zero-order valence-electron chi connectivity index (χ0n) is 15.9. The van der Waals surface area contributed by atoms with Crippen LogP contribution < -0.4 is 5.43 Å². The minimum Gasteiger partial charge on any atom is -0.422 e. The van der Waals surface area contributed by atoms with Gasteiger partial charge in [-0.05, 0) is 23.6 Å². The van der Waals surface area contributed by atoms with Crippen LogP contribution in [0.1, 0.15) is 36.9 Å². The van der Waals surface area contributed by atoms with Gasteiger partial charge in [0.25, 0.3) is 5.88 Å². The molecule has 0 radical (unpaired) electrons. The lowest BCUT2D eigenvalue weighted by Crippen LogP contribution is -1.93. The molecule has 3 aromatic heterocycles. The first-order valence-electron chi connectivity index (χ1n) is 9.04. The summed E-state index contributed by atoms with van der Waals surface area (Å²) in [6, 6.07) is 15.9. The Morgan fingerprint density at radius 2 is 2.07 bits per heavy atom. The smallest absolute Gasteiger partial charge is 0.252 e. The van der Waals surface area contributed by atoms with Gasteiger partial charge in [-0.3, -0.25) is 0 Å². The lowest BCUT2D eigenvalue weighted by atomic mass is 10.2. The molecule has 0 amide bonds.